The summed E-state index contributed by atoms with van der Waals surface area (Å²) in [6.07, 6.45) is 1.79. The first-order valence-corrected chi connectivity index (χ1v) is 6.14. The summed E-state index contributed by atoms with van der Waals surface area (Å²) in [5, 5.41) is 11.3. The monoisotopic (exact) mass is 255 g/mol. The van der Waals surface area contributed by atoms with Gasteiger partial charge in [0.25, 0.3) is 0 Å². The maximum Gasteiger partial charge on any atom is 0.123 e. The van der Waals surface area contributed by atoms with Gasteiger partial charge in [-0.3, -0.25) is 5.10 Å². The van der Waals surface area contributed by atoms with E-state index in [9.17, 15) is 4.39 Å². The molecule has 0 saturated carbocycles. The quantitative estimate of drug-likeness (QED) is 0.750. The van der Waals surface area contributed by atoms with Crippen LogP contribution in [0.1, 0.15) is 11.1 Å². The van der Waals surface area contributed by atoms with Gasteiger partial charge in [-0.15, -0.1) is 0 Å². The summed E-state index contributed by atoms with van der Waals surface area (Å²) in [4.78, 5) is 0. The fourth-order valence-electron chi connectivity index (χ4n) is 2.10. The van der Waals surface area contributed by atoms with Crippen LogP contribution in [0.15, 0.2) is 42.6 Å². The number of nitrogens with zero attached hydrogens (tertiary/aromatic N) is 1. The van der Waals surface area contributed by atoms with E-state index in [4.69, 9.17) is 0 Å². The minimum atomic E-state index is -0.194. The molecule has 2 aromatic carbocycles. The first-order chi connectivity index (χ1) is 9.22. The molecule has 0 fully saturated rings. The van der Waals surface area contributed by atoms with E-state index in [0.29, 0.717) is 6.54 Å². The maximum absolute atomic E-state index is 13.0. The lowest BCUT2D eigenvalue weighted by atomic mass is 10.1. The normalized spacial score (nSPS) is 10.8. The third-order valence-corrected chi connectivity index (χ3v) is 3.23. The highest BCUT2D eigenvalue weighted by Gasteiger charge is 2.01. The van der Waals surface area contributed by atoms with Gasteiger partial charge in [-0.2, -0.15) is 5.10 Å². The van der Waals surface area contributed by atoms with Crippen molar-refractivity contribution in [1.29, 1.82) is 0 Å². The van der Waals surface area contributed by atoms with Gasteiger partial charge >= 0.3 is 0 Å². The smallest absolute Gasteiger partial charge is 0.123 e. The number of H-pyrrole nitrogens is 1. The van der Waals surface area contributed by atoms with Gasteiger partial charge in [0.05, 0.1) is 11.7 Å². The zero-order valence-electron chi connectivity index (χ0n) is 10.6. The molecule has 0 bridgehead atoms. The molecule has 0 radical (unpaired) electrons. The van der Waals surface area contributed by atoms with E-state index in [0.717, 1.165) is 27.7 Å². The van der Waals surface area contributed by atoms with Crippen molar-refractivity contribution in [3.8, 4) is 0 Å². The molecule has 1 heterocycles. The minimum Gasteiger partial charge on any atom is -0.381 e. The summed E-state index contributed by atoms with van der Waals surface area (Å²) in [5.41, 5.74) is 4.06. The van der Waals surface area contributed by atoms with Crippen molar-refractivity contribution in [2.24, 2.45) is 0 Å². The first-order valence-electron chi connectivity index (χ1n) is 6.14. The van der Waals surface area contributed by atoms with E-state index in [1.54, 1.807) is 12.3 Å². The number of halogens is 1. The molecule has 0 saturated heterocycles. The number of hydrogen-bond donors (Lipinski definition) is 2. The number of anilines is 1. The zero-order valence-corrected chi connectivity index (χ0v) is 10.6. The molecule has 0 atom stereocenters. The van der Waals surface area contributed by atoms with Gasteiger partial charge in [0.2, 0.25) is 0 Å². The average molecular weight is 255 g/mol. The van der Waals surface area contributed by atoms with Crippen LogP contribution in [0.2, 0.25) is 0 Å². The zero-order chi connectivity index (χ0) is 13.2. The van der Waals surface area contributed by atoms with E-state index in [1.807, 2.05) is 31.2 Å². The Bertz CT molecular complexity index is 718. The number of rotatable bonds is 3. The number of nitrogens with one attached hydrogen (secondary N) is 2. The molecule has 0 aliphatic heterocycles. The van der Waals surface area contributed by atoms with E-state index in [1.165, 1.54) is 6.07 Å². The van der Waals surface area contributed by atoms with E-state index in [-0.39, 0.29) is 5.82 Å². The van der Waals surface area contributed by atoms with Gasteiger partial charge in [-0.05, 0) is 48.4 Å². The number of hydrogen-bond acceptors (Lipinski definition) is 2. The van der Waals surface area contributed by atoms with Crippen LogP contribution in [-0.4, -0.2) is 10.2 Å². The third-order valence-electron chi connectivity index (χ3n) is 3.23. The lowest BCUT2D eigenvalue weighted by Gasteiger charge is -2.09. The molecule has 0 spiro atoms. The second kappa shape index (κ2) is 4.72. The molecule has 0 unspecified atom stereocenters. The van der Waals surface area contributed by atoms with Crippen LogP contribution in [0.3, 0.4) is 0 Å². The van der Waals surface area contributed by atoms with Gasteiger partial charge in [0.1, 0.15) is 5.82 Å². The summed E-state index contributed by atoms with van der Waals surface area (Å²) in [6, 6.07) is 10.9. The molecule has 19 heavy (non-hydrogen) atoms. The molecule has 0 amide bonds. The van der Waals surface area contributed by atoms with Gasteiger partial charge in [-0.1, -0.05) is 6.07 Å². The van der Waals surface area contributed by atoms with Crippen LogP contribution < -0.4 is 5.32 Å². The maximum atomic E-state index is 13.0. The average Bonchev–Trinajstić information content (AvgIpc) is 2.85. The Morgan fingerprint density at radius 1 is 1.21 bits per heavy atom. The van der Waals surface area contributed by atoms with Crippen LogP contribution in [0, 0.1) is 12.7 Å². The van der Waals surface area contributed by atoms with Gasteiger partial charge in [0.15, 0.2) is 0 Å². The Labute approximate surface area is 110 Å². The summed E-state index contributed by atoms with van der Waals surface area (Å²) in [5.74, 6) is -0.194. The Kier molecular flexibility index (Phi) is 2.91. The van der Waals surface area contributed by atoms with Crippen molar-refractivity contribution in [2.45, 2.75) is 13.5 Å². The lowest BCUT2D eigenvalue weighted by Crippen LogP contribution is -2.01. The molecule has 2 N–H and O–H groups in total. The molecule has 3 nitrogen and oxygen atoms in total. The van der Waals surface area contributed by atoms with Crippen LogP contribution in [0.5, 0.6) is 0 Å². The molecule has 0 aliphatic carbocycles. The van der Waals surface area contributed by atoms with Crippen LogP contribution in [0.4, 0.5) is 10.1 Å². The summed E-state index contributed by atoms with van der Waals surface area (Å²) < 4.78 is 13.0. The van der Waals surface area contributed by atoms with Crippen LogP contribution in [0.25, 0.3) is 10.9 Å². The second-order valence-corrected chi connectivity index (χ2v) is 4.60. The predicted octanol–water partition coefficient (Wildman–Crippen LogP) is 3.62. The minimum absolute atomic E-state index is 0.194. The molecule has 1 aromatic heterocycles. The van der Waals surface area contributed by atoms with E-state index < -0.39 is 0 Å². The first kappa shape index (κ1) is 11.7. The molecule has 96 valence electrons. The fraction of sp³-hybridized carbons (Fsp3) is 0.133. The van der Waals surface area contributed by atoms with E-state index in [2.05, 4.69) is 15.5 Å². The molecular weight excluding hydrogens is 241 g/mol. The molecule has 0 aliphatic rings. The second-order valence-electron chi connectivity index (χ2n) is 4.60. The van der Waals surface area contributed by atoms with Crippen molar-refractivity contribution in [1.82, 2.24) is 10.2 Å². The van der Waals surface area contributed by atoms with Crippen molar-refractivity contribution in [3.05, 3.63) is 59.5 Å². The standard InChI is InChI=1S/C15H14FN3/c1-10-6-13(16)4-2-11(10)8-17-14-5-3-12-9-18-19-15(12)7-14/h2-7,9,17H,8H2,1H3,(H,18,19). The predicted molar refractivity (Wildman–Crippen MR) is 74.6 cm³/mol. The topological polar surface area (TPSA) is 40.7 Å². The van der Waals surface area contributed by atoms with E-state index >= 15 is 0 Å². The third kappa shape index (κ3) is 2.42. The van der Waals surface area contributed by atoms with Gasteiger partial charge in [0, 0.05) is 17.6 Å². The number of benzene rings is 2. The SMILES string of the molecule is Cc1cc(F)ccc1CNc1ccc2cn[nH]c2c1. The fourth-order valence-corrected chi connectivity index (χ4v) is 2.10. The highest BCUT2D eigenvalue weighted by Crippen LogP contribution is 2.18. The lowest BCUT2D eigenvalue weighted by molar-refractivity contribution is 0.625. The van der Waals surface area contributed by atoms with Crippen LogP contribution in [-0.2, 0) is 6.54 Å². The highest BCUT2D eigenvalue weighted by atomic mass is 19.1. The summed E-state index contributed by atoms with van der Waals surface area (Å²) >= 11 is 0. The Hall–Kier alpha value is -2.36. The van der Waals surface area contributed by atoms with Crippen LogP contribution >= 0.6 is 0 Å². The Balaban J connectivity index is 1.77. The number of aryl methyl sites for hydroxylation is 1. The number of aromatic nitrogens is 2. The summed E-state index contributed by atoms with van der Waals surface area (Å²) in [6.45, 7) is 2.59. The molecule has 3 rings (SSSR count). The highest BCUT2D eigenvalue weighted by molar-refractivity contribution is 5.81. The Morgan fingerprint density at radius 3 is 2.95 bits per heavy atom. The van der Waals surface area contributed by atoms with Crippen molar-refractivity contribution < 1.29 is 4.39 Å². The van der Waals surface area contributed by atoms with Crippen molar-refractivity contribution >= 4 is 16.6 Å². The largest absolute Gasteiger partial charge is 0.381 e. The molecular formula is C15H14FN3. The summed E-state index contributed by atoms with van der Waals surface area (Å²) in [7, 11) is 0. The Morgan fingerprint density at radius 2 is 2.11 bits per heavy atom. The number of aromatic amines is 1. The van der Waals surface area contributed by atoms with Crippen molar-refractivity contribution in [2.75, 3.05) is 5.32 Å². The number of fused-ring (bicyclic) bond motifs is 1. The molecule has 3 aromatic rings. The molecule has 4 heteroatoms. The van der Waals surface area contributed by atoms with Crippen molar-refractivity contribution in [3.63, 3.8) is 0 Å². The van der Waals surface area contributed by atoms with Gasteiger partial charge in [-0.25, -0.2) is 4.39 Å². The van der Waals surface area contributed by atoms with Gasteiger partial charge < -0.3 is 5.32 Å².